The molecule has 0 spiro atoms. The zero-order valence-electron chi connectivity index (χ0n) is 10.0. The number of rotatable bonds is 0. The molecule has 0 bridgehead atoms. The van der Waals surface area contributed by atoms with Crippen molar-refractivity contribution < 1.29 is 18.1 Å². The van der Waals surface area contributed by atoms with Gasteiger partial charge >= 0.3 is 6.96 Å². The SMILES string of the molecule is F[B-]12Oc3cc(Br)ccc3C=[N+]1c1ccc(Br)cc1O2. The topological polar surface area (TPSA) is 21.5 Å². The standard InChI is InChI=1S/C13H7BBr2FNO2/c15-9-2-1-8-7-18-11-4-3-10(16)6-13(11)20-14(18,17)19-12(8)5-9/h1-7H. The van der Waals surface area contributed by atoms with E-state index in [1.807, 2.05) is 18.2 Å². The summed E-state index contributed by atoms with van der Waals surface area (Å²) >= 11 is 6.70. The molecule has 0 saturated carbocycles. The van der Waals surface area contributed by atoms with Crippen molar-refractivity contribution in [1.82, 2.24) is 0 Å². The minimum atomic E-state index is -3.07. The molecule has 0 fully saturated rings. The Morgan fingerprint density at radius 2 is 1.60 bits per heavy atom. The highest BCUT2D eigenvalue weighted by atomic mass is 79.9. The summed E-state index contributed by atoms with van der Waals surface area (Å²) in [5.41, 5.74) is 1.46. The molecule has 4 rings (SSSR count). The van der Waals surface area contributed by atoms with Crippen molar-refractivity contribution in [2.24, 2.45) is 0 Å². The van der Waals surface area contributed by atoms with Crippen molar-refractivity contribution in [2.45, 2.75) is 0 Å². The Morgan fingerprint density at radius 1 is 0.950 bits per heavy atom. The Labute approximate surface area is 131 Å². The van der Waals surface area contributed by atoms with Gasteiger partial charge in [-0.05, 0) is 30.3 Å². The Morgan fingerprint density at radius 3 is 2.40 bits per heavy atom. The van der Waals surface area contributed by atoms with Crippen molar-refractivity contribution in [3.63, 3.8) is 0 Å². The van der Waals surface area contributed by atoms with Crippen LogP contribution in [0.2, 0.25) is 0 Å². The van der Waals surface area contributed by atoms with Gasteiger partial charge in [0.25, 0.3) is 0 Å². The first-order chi connectivity index (χ1) is 9.55. The van der Waals surface area contributed by atoms with Gasteiger partial charge in [-0.15, -0.1) is 0 Å². The highest BCUT2D eigenvalue weighted by Crippen LogP contribution is 2.43. The molecule has 0 aliphatic carbocycles. The van der Waals surface area contributed by atoms with Crippen LogP contribution in [0.4, 0.5) is 10.0 Å². The first-order valence-electron chi connectivity index (χ1n) is 5.98. The fourth-order valence-corrected chi connectivity index (χ4v) is 3.12. The summed E-state index contributed by atoms with van der Waals surface area (Å²) in [4.78, 5) is 0. The van der Waals surface area contributed by atoms with Crippen LogP contribution in [0.5, 0.6) is 11.5 Å². The molecule has 2 aromatic carbocycles. The fourth-order valence-electron chi connectivity index (χ4n) is 2.44. The molecular weight excluding hydrogens is 392 g/mol. The second kappa shape index (κ2) is 4.08. The van der Waals surface area contributed by atoms with E-state index in [9.17, 15) is 4.32 Å². The molecule has 0 N–H and O–H groups in total. The summed E-state index contributed by atoms with van der Waals surface area (Å²) in [5.74, 6) is 0.926. The first kappa shape index (κ1) is 12.4. The Balaban J connectivity index is 1.92. The van der Waals surface area contributed by atoms with Crippen LogP contribution >= 0.6 is 31.9 Å². The van der Waals surface area contributed by atoms with Gasteiger partial charge < -0.3 is 18.1 Å². The Kier molecular flexibility index (Phi) is 2.53. The van der Waals surface area contributed by atoms with Gasteiger partial charge in [-0.2, -0.15) is 0 Å². The maximum atomic E-state index is 15.0. The molecule has 2 aromatic rings. The van der Waals surface area contributed by atoms with E-state index in [4.69, 9.17) is 9.31 Å². The first-order valence-corrected chi connectivity index (χ1v) is 7.57. The zero-order chi connectivity index (χ0) is 13.9. The third-order valence-corrected chi connectivity index (χ3v) is 4.32. The lowest BCUT2D eigenvalue weighted by Gasteiger charge is -2.27. The van der Waals surface area contributed by atoms with E-state index < -0.39 is 6.96 Å². The van der Waals surface area contributed by atoms with E-state index in [2.05, 4.69) is 31.9 Å². The number of hydrogen-bond acceptors (Lipinski definition) is 2. The number of halogens is 3. The summed E-state index contributed by atoms with van der Waals surface area (Å²) in [6.45, 7) is -3.07. The Bertz CT molecular complexity index is 774. The van der Waals surface area contributed by atoms with E-state index >= 15 is 0 Å². The van der Waals surface area contributed by atoms with Crippen LogP contribution in [0.1, 0.15) is 5.56 Å². The smallest absolute Gasteiger partial charge is 0.590 e. The minimum Gasteiger partial charge on any atom is -0.590 e. The Hall–Kier alpha value is -1.34. The van der Waals surface area contributed by atoms with Crippen LogP contribution in [0, 0.1) is 0 Å². The molecule has 7 heteroatoms. The van der Waals surface area contributed by atoms with E-state index in [1.54, 1.807) is 24.4 Å². The van der Waals surface area contributed by atoms with Crippen molar-refractivity contribution in [2.75, 3.05) is 0 Å². The fraction of sp³-hybridized carbons (Fsp3) is 0. The minimum absolute atomic E-state index is 0.463. The molecule has 0 saturated heterocycles. The monoisotopic (exact) mass is 397 g/mol. The summed E-state index contributed by atoms with van der Waals surface area (Å²) < 4.78 is 28.9. The van der Waals surface area contributed by atoms with Crippen LogP contribution in [-0.4, -0.2) is 17.7 Å². The zero-order valence-corrected chi connectivity index (χ0v) is 13.2. The van der Waals surface area contributed by atoms with E-state index in [-0.39, 0.29) is 0 Å². The van der Waals surface area contributed by atoms with Crippen LogP contribution < -0.4 is 9.31 Å². The van der Waals surface area contributed by atoms with Gasteiger partial charge in [0.15, 0.2) is 5.69 Å². The molecule has 0 amide bonds. The molecule has 20 heavy (non-hydrogen) atoms. The lowest BCUT2D eigenvalue weighted by molar-refractivity contribution is -0.333. The van der Waals surface area contributed by atoms with Crippen molar-refractivity contribution in [1.29, 1.82) is 0 Å². The maximum absolute atomic E-state index is 15.0. The molecule has 2 aliphatic rings. The molecule has 0 radical (unpaired) electrons. The van der Waals surface area contributed by atoms with Crippen LogP contribution in [0.3, 0.4) is 0 Å². The van der Waals surface area contributed by atoms with Crippen molar-refractivity contribution in [3.8, 4) is 11.5 Å². The quantitative estimate of drug-likeness (QED) is 0.621. The van der Waals surface area contributed by atoms with Gasteiger partial charge in [0.2, 0.25) is 0 Å². The predicted molar refractivity (Wildman–Crippen MR) is 81.5 cm³/mol. The molecule has 3 nitrogen and oxygen atoms in total. The van der Waals surface area contributed by atoms with Gasteiger partial charge in [-0.25, -0.2) is 0 Å². The number of benzene rings is 2. The van der Waals surface area contributed by atoms with Crippen LogP contribution in [0.15, 0.2) is 45.3 Å². The molecular formula is C13H7BBr2FNO2. The number of hydrogen-bond donors (Lipinski definition) is 0. The summed E-state index contributed by atoms with van der Waals surface area (Å²) in [6, 6.07) is 10.9. The summed E-state index contributed by atoms with van der Waals surface area (Å²) in [5, 5.41) is 0. The third-order valence-electron chi connectivity index (χ3n) is 3.33. The lowest BCUT2D eigenvalue weighted by atomic mass is 9.97. The third kappa shape index (κ3) is 1.73. The van der Waals surface area contributed by atoms with E-state index in [0.29, 0.717) is 17.2 Å². The second-order valence-electron chi connectivity index (χ2n) is 4.65. The predicted octanol–water partition coefficient (Wildman–Crippen LogP) is 4.16. The average Bonchev–Trinajstić information content (AvgIpc) is 2.66. The molecule has 1 atom stereocenters. The van der Waals surface area contributed by atoms with Crippen molar-refractivity contribution >= 4 is 50.7 Å². The van der Waals surface area contributed by atoms with Gasteiger partial charge in [-0.3, -0.25) is 0 Å². The van der Waals surface area contributed by atoms with Crippen LogP contribution in [0.25, 0.3) is 0 Å². The molecule has 2 aliphatic heterocycles. The summed E-state index contributed by atoms with van der Waals surface area (Å²) in [7, 11) is 0. The summed E-state index contributed by atoms with van der Waals surface area (Å²) in [6.07, 6.45) is 1.71. The van der Waals surface area contributed by atoms with Crippen LogP contribution in [-0.2, 0) is 0 Å². The van der Waals surface area contributed by atoms with Gasteiger partial charge in [0.05, 0.1) is 11.3 Å². The van der Waals surface area contributed by atoms with Crippen molar-refractivity contribution in [3.05, 3.63) is 50.9 Å². The molecule has 1 unspecified atom stereocenters. The molecule has 100 valence electrons. The lowest BCUT2D eigenvalue weighted by Crippen LogP contribution is -2.52. The highest BCUT2D eigenvalue weighted by Gasteiger charge is 2.58. The largest absolute Gasteiger partial charge is 0.856 e. The van der Waals surface area contributed by atoms with E-state index in [1.165, 1.54) is 4.49 Å². The molecule has 0 aromatic heterocycles. The van der Waals surface area contributed by atoms with Gasteiger partial charge in [0.1, 0.15) is 12.0 Å². The number of fused-ring (bicyclic) bond motifs is 4. The normalized spacial score (nSPS) is 22.1. The second-order valence-corrected chi connectivity index (χ2v) is 6.48. The van der Waals surface area contributed by atoms with Gasteiger partial charge in [-0.1, -0.05) is 31.9 Å². The molecule has 2 heterocycles. The van der Waals surface area contributed by atoms with E-state index in [0.717, 1.165) is 14.5 Å². The van der Waals surface area contributed by atoms with Gasteiger partial charge in [0, 0.05) is 15.0 Å². The maximum Gasteiger partial charge on any atom is 0.856 e. The average molecular weight is 399 g/mol. The highest BCUT2D eigenvalue weighted by molar-refractivity contribution is 9.10. The number of nitrogens with zero attached hydrogens (tertiary/aromatic N) is 1.